The van der Waals surface area contributed by atoms with Crippen LogP contribution in [0.15, 0.2) is 5.51 Å². The van der Waals surface area contributed by atoms with Crippen molar-refractivity contribution in [2.24, 2.45) is 5.84 Å². The highest BCUT2D eigenvalue weighted by Crippen LogP contribution is 2.24. The van der Waals surface area contributed by atoms with E-state index in [0.29, 0.717) is 0 Å². The van der Waals surface area contributed by atoms with Crippen LogP contribution in [0.4, 0.5) is 0 Å². The van der Waals surface area contributed by atoms with Crippen LogP contribution in [-0.2, 0) is 25.9 Å². The lowest BCUT2D eigenvalue weighted by Gasteiger charge is -2.24. The SMILES string of the molecule is Cc1nc2c(s1)CN(N[n+]1csc3c1CCN(N)C3)CC2. The molecular weight excluding hydrogens is 304 g/mol. The fourth-order valence-electron chi connectivity index (χ4n) is 2.93. The summed E-state index contributed by atoms with van der Waals surface area (Å²) in [6.45, 7) is 5.79. The van der Waals surface area contributed by atoms with Gasteiger partial charge < -0.3 is 0 Å². The lowest BCUT2D eigenvalue weighted by atomic mass is 10.2. The van der Waals surface area contributed by atoms with Crippen LogP contribution in [0, 0.1) is 6.92 Å². The Morgan fingerprint density at radius 1 is 1.29 bits per heavy atom. The number of aromatic nitrogens is 2. The van der Waals surface area contributed by atoms with Crippen molar-refractivity contribution in [2.45, 2.75) is 32.9 Å². The highest BCUT2D eigenvalue weighted by atomic mass is 32.1. The summed E-state index contributed by atoms with van der Waals surface area (Å²) in [5.41, 5.74) is 8.34. The molecule has 0 radical (unpaired) electrons. The summed E-state index contributed by atoms with van der Waals surface area (Å²) in [4.78, 5) is 7.36. The molecule has 0 aromatic carbocycles. The molecule has 0 amide bonds. The van der Waals surface area contributed by atoms with Gasteiger partial charge in [-0.25, -0.2) is 9.99 Å². The zero-order chi connectivity index (χ0) is 14.4. The smallest absolute Gasteiger partial charge is 0.256 e. The van der Waals surface area contributed by atoms with Crippen LogP contribution in [-0.4, -0.2) is 28.1 Å². The van der Waals surface area contributed by atoms with Gasteiger partial charge in [0.25, 0.3) is 5.51 Å². The summed E-state index contributed by atoms with van der Waals surface area (Å²) in [5, 5.41) is 5.34. The van der Waals surface area contributed by atoms with E-state index in [4.69, 9.17) is 5.84 Å². The predicted octanol–water partition coefficient (Wildman–Crippen LogP) is 0.549. The predicted molar refractivity (Wildman–Crippen MR) is 83.1 cm³/mol. The quantitative estimate of drug-likeness (QED) is 0.624. The molecule has 8 heteroatoms. The third-order valence-electron chi connectivity index (χ3n) is 3.98. The minimum atomic E-state index is 0.854. The molecule has 21 heavy (non-hydrogen) atoms. The molecule has 0 saturated carbocycles. The standard InChI is InChI=1S/C13H19N6S2/c1-9-15-10-2-5-18(7-12(10)21-9)16-19-8-20-13-6-17(14)4-3-11(13)19/h8,16H,2-7,14H2,1H3/q+1. The van der Waals surface area contributed by atoms with E-state index < -0.39 is 0 Å². The van der Waals surface area contributed by atoms with E-state index in [1.54, 1.807) is 11.3 Å². The van der Waals surface area contributed by atoms with Crippen LogP contribution in [0.25, 0.3) is 0 Å². The Hall–Kier alpha value is -1.06. The summed E-state index contributed by atoms with van der Waals surface area (Å²) >= 11 is 3.59. The zero-order valence-electron chi connectivity index (χ0n) is 12.0. The summed E-state index contributed by atoms with van der Waals surface area (Å²) in [6.07, 6.45) is 2.03. The second-order valence-electron chi connectivity index (χ2n) is 5.56. The summed E-state index contributed by atoms with van der Waals surface area (Å²) in [7, 11) is 0. The van der Waals surface area contributed by atoms with Crippen molar-refractivity contribution in [1.82, 2.24) is 15.0 Å². The van der Waals surface area contributed by atoms with Gasteiger partial charge in [-0.1, -0.05) is 16.0 Å². The fourth-order valence-corrected chi connectivity index (χ4v) is 4.91. The Labute approximate surface area is 131 Å². The van der Waals surface area contributed by atoms with E-state index in [1.807, 2.05) is 16.3 Å². The van der Waals surface area contributed by atoms with Crippen molar-refractivity contribution in [3.05, 3.63) is 31.7 Å². The monoisotopic (exact) mass is 323 g/mol. The molecular formula is C13H19N6S2+. The average molecular weight is 323 g/mol. The number of nitrogens with one attached hydrogen (secondary N) is 1. The number of aryl methyl sites for hydroxylation is 1. The van der Waals surface area contributed by atoms with Gasteiger partial charge >= 0.3 is 0 Å². The van der Waals surface area contributed by atoms with Crippen molar-refractivity contribution in [2.75, 3.05) is 18.6 Å². The number of thiazole rings is 2. The maximum Gasteiger partial charge on any atom is 0.256 e. The molecule has 0 bridgehead atoms. The third-order valence-corrected chi connectivity index (χ3v) is 5.95. The van der Waals surface area contributed by atoms with Gasteiger partial charge in [-0.2, -0.15) is 5.01 Å². The molecule has 0 unspecified atom stereocenters. The highest BCUT2D eigenvalue weighted by Gasteiger charge is 2.28. The second-order valence-corrected chi connectivity index (χ2v) is 7.78. The number of nitrogens with two attached hydrogens (primary N) is 1. The van der Waals surface area contributed by atoms with Crippen LogP contribution in [0.1, 0.15) is 26.1 Å². The third kappa shape index (κ3) is 2.58. The molecule has 2 aliphatic rings. The van der Waals surface area contributed by atoms with Crippen LogP contribution >= 0.6 is 22.7 Å². The van der Waals surface area contributed by atoms with E-state index in [9.17, 15) is 0 Å². The van der Waals surface area contributed by atoms with E-state index in [2.05, 4.69) is 32.6 Å². The lowest BCUT2D eigenvalue weighted by molar-refractivity contribution is -0.670. The molecule has 2 aromatic rings. The Balaban J connectivity index is 1.50. The first-order valence-electron chi connectivity index (χ1n) is 7.16. The molecule has 2 aliphatic heterocycles. The first kappa shape index (κ1) is 13.6. The molecule has 4 rings (SSSR count). The van der Waals surface area contributed by atoms with Crippen molar-refractivity contribution in [3.63, 3.8) is 0 Å². The van der Waals surface area contributed by atoms with Crippen LogP contribution in [0.3, 0.4) is 0 Å². The normalized spacial score (nSPS) is 19.3. The van der Waals surface area contributed by atoms with Crippen LogP contribution in [0.5, 0.6) is 0 Å². The first-order valence-corrected chi connectivity index (χ1v) is 8.86. The van der Waals surface area contributed by atoms with E-state index in [-0.39, 0.29) is 0 Å². The number of hydrogen-bond acceptors (Lipinski definition) is 7. The van der Waals surface area contributed by atoms with Crippen molar-refractivity contribution in [3.8, 4) is 0 Å². The molecule has 6 nitrogen and oxygen atoms in total. The maximum atomic E-state index is 5.89. The number of fused-ring (bicyclic) bond motifs is 2. The molecule has 4 heterocycles. The minimum Gasteiger partial charge on any atom is -0.268 e. The van der Waals surface area contributed by atoms with E-state index in [1.165, 1.54) is 26.1 Å². The van der Waals surface area contributed by atoms with Gasteiger partial charge in [0.15, 0.2) is 0 Å². The first-order chi connectivity index (χ1) is 10.2. The summed E-state index contributed by atoms with van der Waals surface area (Å²) in [5.74, 6) is 5.89. The topological polar surface area (TPSA) is 61.3 Å². The van der Waals surface area contributed by atoms with Gasteiger partial charge in [-0.05, 0) is 6.92 Å². The van der Waals surface area contributed by atoms with Gasteiger partial charge in [0.2, 0.25) is 5.69 Å². The number of hydrogen-bond donors (Lipinski definition) is 2. The Bertz CT molecular complexity index is 664. The molecule has 0 saturated heterocycles. The Kier molecular flexibility index (Phi) is 3.43. The largest absolute Gasteiger partial charge is 0.268 e. The van der Waals surface area contributed by atoms with Gasteiger partial charge in [0.05, 0.1) is 35.1 Å². The second kappa shape index (κ2) is 5.29. The molecule has 0 aliphatic carbocycles. The fraction of sp³-hybridized carbons (Fsp3) is 0.538. The number of nitrogens with zero attached hydrogens (tertiary/aromatic N) is 4. The Morgan fingerprint density at radius 3 is 3.10 bits per heavy atom. The van der Waals surface area contributed by atoms with E-state index >= 15 is 0 Å². The molecule has 0 atom stereocenters. The van der Waals surface area contributed by atoms with Crippen LogP contribution in [0.2, 0.25) is 0 Å². The van der Waals surface area contributed by atoms with Gasteiger partial charge in [0.1, 0.15) is 0 Å². The molecule has 112 valence electrons. The summed E-state index contributed by atoms with van der Waals surface area (Å²) in [6, 6.07) is 0. The van der Waals surface area contributed by atoms with Crippen molar-refractivity contribution in [1.29, 1.82) is 0 Å². The molecule has 3 N–H and O–H groups in total. The van der Waals surface area contributed by atoms with Crippen molar-refractivity contribution >= 4 is 22.7 Å². The summed E-state index contributed by atoms with van der Waals surface area (Å²) < 4.78 is 2.17. The van der Waals surface area contributed by atoms with Crippen LogP contribution < -0.4 is 16.1 Å². The zero-order valence-corrected chi connectivity index (χ0v) is 13.6. The minimum absolute atomic E-state index is 0.854. The lowest BCUT2D eigenvalue weighted by Crippen LogP contribution is -2.57. The van der Waals surface area contributed by atoms with Gasteiger partial charge in [-0.15, -0.1) is 16.9 Å². The average Bonchev–Trinajstić information content (AvgIpc) is 3.01. The molecule has 0 fully saturated rings. The maximum absolute atomic E-state index is 5.89. The number of hydrazine groups is 2. The van der Waals surface area contributed by atoms with E-state index in [0.717, 1.165) is 39.0 Å². The van der Waals surface area contributed by atoms with Gasteiger partial charge in [-0.3, -0.25) is 5.84 Å². The molecule has 0 spiro atoms. The van der Waals surface area contributed by atoms with Crippen molar-refractivity contribution < 1.29 is 4.68 Å². The van der Waals surface area contributed by atoms with Gasteiger partial charge in [0, 0.05) is 24.4 Å². The highest BCUT2D eigenvalue weighted by molar-refractivity contribution is 7.11. The Morgan fingerprint density at radius 2 is 2.19 bits per heavy atom. The number of rotatable bonds is 2. The molecule has 2 aromatic heterocycles.